The van der Waals surface area contributed by atoms with E-state index < -0.39 is 66.9 Å². The SMILES string of the molecule is CC(C)C(=O)Nc1nc2c(nnn2[C@@H]2O[C@H](CO)[C@@H](F)[C@H]2O)c(=O)[nH]1.CC[C@H]1O[C@@H](n2nnc3c(=O)[nH]c(NC(=O)C(C)C)nc32)[C@H](O)[C@@H]1F. The third-order valence-electron chi connectivity index (χ3n) is 7.84. The molecule has 2 aliphatic heterocycles. The number of aliphatic hydroxyl groups excluding tert-OH is 3. The van der Waals surface area contributed by atoms with Crippen LogP contribution in [0.25, 0.3) is 22.3 Å². The van der Waals surface area contributed by atoms with E-state index in [2.05, 4.69) is 51.2 Å². The zero-order valence-corrected chi connectivity index (χ0v) is 27.3. The molecular weight excluding hydrogens is 674 g/mol. The average molecular weight is 711 g/mol. The van der Waals surface area contributed by atoms with E-state index in [1.165, 1.54) is 0 Å². The van der Waals surface area contributed by atoms with Crippen LogP contribution in [0.3, 0.4) is 0 Å². The lowest BCUT2D eigenvalue weighted by molar-refractivity contribution is -0.119. The number of ether oxygens (including phenoxy) is 2. The van der Waals surface area contributed by atoms with Crippen LogP contribution in [-0.2, 0) is 19.1 Å². The number of aliphatic hydroxyl groups is 3. The summed E-state index contributed by atoms with van der Waals surface area (Å²) in [6.45, 7) is 7.80. The second-order valence-electron chi connectivity index (χ2n) is 12.1. The molecule has 0 spiro atoms. The Hall–Kier alpha value is -4.84. The molecule has 2 amide bonds. The van der Waals surface area contributed by atoms with Gasteiger partial charge in [-0.2, -0.15) is 19.3 Å². The number of H-pyrrole nitrogens is 2. The second kappa shape index (κ2) is 14.6. The molecule has 6 heterocycles. The third-order valence-corrected chi connectivity index (χ3v) is 7.84. The average Bonchev–Trinajstić information content (AvgIpc) is 3.82. The molecule has 2 saturated heterocycles. The molecule has 50 heavy (non-hydrogen) atoms. The Morgan fingerprint density at radius 3 is 1.54 bits per heavy atom. The molecule has 0 saturated carbocycles. The maximum absolute atomic E-state index is 14.1. The molecule has 0 aromatic carbocycles. The Labute approximate surface area is 279 Å². The lowest BCUT2D eigenvalue weighted by Gasteiger charge is -2.14. The molecule has 0 aliphatic carbocycles. The quantitative estimate of drug-likeness (QED) is 0.113. The number of nitrogens with zero attached hydrogens (tertiary/aromatic N) is 8. The number of fused-ring (bicyclic) bond motifs is 2. The molecule has 0 bridgehead atoms. The zero-order chi connectivity index (χ0) is 36.6. The molecule has 7 N–H and O–H groups in total. The Morgan fingerprint density at radius 1 is 0.800 bits per heavy atom. The fourth-order valence-corrected chi connectivity index (χ4v) is 4.96. The van der Waals surface area contributed by atoms with Crippen LogP contribution in [0, 0.1) is 11.8 Å². The Morgan fingerprint density at radius 2 is 1.20 bits per heavy atom. The number of aromatic nitrogens is 10. The summed E-state index contributed by atoms with van der Waals surface area (Å²) in [5.74, 6) is -1.60. The standard InChI is InChI=1S/C14H19FN6O4.C13H17FN6O5/c1-4-6-7(15)9(22)13(25-6)21-10-8(19-20-21)12(24)18-14(16-10)17-11(23)5(2)3;1-4(2)10(23)16-13-15-9-7(11(24)17-13)18-19-20(9)12-8(22)6(14)5(3-21)25-12/h5-7,9,13,22H,4H2,1-3H3,(H2,16,17,18,23,24);4-6,8,12,21-22H,3H2,1-2H3,(H2,15,16,17,23,24)/t6-,7-,9-,13-;5-,6-,8-,12-/m11/s1. The summed E-state index contributed by atoms with van der Waals surface area (Å²) in [7, 11) is 0. The molecule has 6 rings (SSSR count). The predicted octanol–water partition coefficient (Wildman–Crippen LogP) is -1.19. The minimum absolute atomic E-state index is 0.0178. The van der Waals surface area contributed by atoms with Crippen molar-refractivity contribution in [1.29, 1.82) is 0 Å². The number of anilines is 2. The van der Waals surface area contributed by atoms with Crippen molar-refractivity contribution in [2.24, 2.45) is 11.8 Å². The highest BCUT2D eigenvalue weighted by atomic mass is 19.1. The van der Waals surface area contributed by atoms with Crippen LogP contribution in [0.15, 0.2) is 9.59 Å². The molecular formula is C27H36F2N12O9. The third kappa shape index (κ3) is 6.94. The van der Waals surface area contributed by atoms with Crippen molar-refractivity contribution in [3.05, 3.63) is 20.7 Å². The van der Waals surface area contributed by atoms with E-state index >= 15 is 0 Å². The number of hydrogen-bond acceptors (Lipinski definition) is 15. The van der Waals surface area contributed by atoms with Gasteiger partial charge in [-0.15, -0.1) is 10.2 Å². The summed E-state index contributed by atoms with van der Waals surface area (Å²) in [6, 6.07) is 0. The number of halogens is 2. The first-order valence-corrected chi connectivity index (χ1v) is 15.5. The number of alkyl halides is 2. The minimum Gasteiger partial charge on any atom is -0.394 e. The van der Waals surface area contributed by atoms with E-state index in [4.69, 9.17) is 14.6 Å². The largest absolute Gasteiger partial charge is 0.394 e. The summed E-state index contributed by atoms with van der Waals surface area (Å²) in [5.41, 5.74) is -1.67. The smallest absolute Gasteiger partial charge is 0.282 e. The summed E-state index contributed by atoms with van der Waals surface area (Å²) < 4.78 is 40.7. The van der Waals surface area contributed by atoms with E-state index in [1.54, 1.807) is 34.6 Å². The molecule has 2 fully saturated rings. The van der Waals surface area contributed by atoms with E-state index in [1.807, 2.05) is 0 Å². The van der Waals surface area contributed by atoms with Gasteiger partial charge in [-0.1, -0.05) is 45.0 Å². The maximum atomic E-state index is 14.1. The van der Waals surface area contributed by atoms with Crippen molar-refractivity contribution < 1.29 is 43.2 Å². The molecule has 4 aromatic heterocycles. The number of amides is 2. The van der Waals surface area contributed by atoms with E-state index in [9.17, 15) is 38.2 Å². The van der Waals surface area contributed by atoms with Gasteiger partial charge in [0.05, 0.1) is 12.7 Å². The highest BCUT2D eigenvalue weighted by Gasteiger charge is 2.47. The highest BCUT2D eigenvalue weighted by molar-refractivity contribution is 5.91. The first kappa shape index (κ1) is 36.4. The van der Waals surface area contributed by atoms with Crippen molar-refractivity contribution in [2.45, 2.75) is 90.3 Å². The molecule has 2 aliphatic rings. The van der Waals surface area contributed by atoms with Crippen molar-refractivity contribution in [3.8, 4) is 0 Å². The van der Waals surface area contributed by atoms with Gasteiger partial charge in [-0.3, -0.25) is 39.8 Å². The molecule has 0 radical (unpaired) electrons. The van der Waals surface area contributed by atoms with Crippen molar-refractivity contribution in [2.75, 3.05) is 17.2 Å². The topological polar surface area (TPSA) is 290 Å². The minimum atomic E-state index is -1.84. The fraction of sp³-hybridized carbons (Fsp3) is 0.630. The van der Waals surface area contributed by atoms with Crippen LogP contribution in [0.2, 0.25) is 0 Å². The molecule has 21 nitrogen and oxygen atoms in total. The fourth-order valence-electron chi connectivity index (χ4n) is 4.96. The monoisotopic (exact) mass is 710 g/mol. The van der Waals surface area contributed by atoms with Crippen molar-refractivity contribution in [3.63, 3.8) is 0 Å². The van der Waals surface area contributed by atoms with E-state index in [-0.39, 0.29) is 57.9 Å². The summed E-state index contributed by atoms with van der Waals surface area (Å²) >= 11 is 0. The lowest BCUT2D eigenvalue weighted by atomic mass is 10.1. The van der Waals surface area contributed by atoms with Gasteiger partial charge in [0, 0.05) is 11.8 Å². The molecule has 4 aromatic rings. The highest BCUT2D eigenvalue weighted by Crippen LogP contribution is 2.34. The number of aromatic amines is 2. The number of carbonyl (C=O) groups excluding carboxylic acids is 2. The number of hydrogen-bond donors (Lipinski definition) is 7. The normalized spacial score (nSPS) is 26.5. The number of carbonyl (C=O) groups is 2. The van der Waals surface area contributed by atoms with E-state index in [0.717, 1.165) is 9.36 Å². The Balaban J connectivity index is 0.000000194. The molecule has 0 unspecified atom stereocenters. The number of nitrogens with one attached hydrogen (secondary N) is 4. The lowest BCUT2D eigenvalue weighted by Crippen LogP contribution is -2.30. The van der Waals surface area contributed by atoms with Gasteiger partial charge in [0.15, 0.2) is 47.1 Å². The van der Waals surface area contributed by atoms with Crippen LogP contribution >= 0.6 is 0 Å². The summed E-state index contributed by atoms with van der Waals surface area (Å²) in [5, 5.41) is 48.8. The first-order valence-electron chi connectivity index (χ1n) is 15.5. The van der Waals surface area contributed by atoms with Gasteiger partial charge < -0.3 is 24.8 Å². The molecule has 23 heteroatoms. The van der Waals surface area contributed by atoms with Gasteiger partial charge in [-0.25, -0.2) is 8.78 Å². The van der Waals surface area contributed by atoms with Gasteiger partial charge in [0.1, 0.15) is 18.3 Å². The van der Waals surface area contributed by atoms with Gasteiger partial charge in [-0.05, 0) is 6.42 Å². The van der Waals surface area contributed by atoms with Crippen molar-refractivity contribution in [1.82, 2.24) is 49.9 Å². The van der Waals surface area contributed by atoms with E-state index in [0.29, 0.717) is 6.42 Å². The van der Waals surface area contributed by atoms with Crippen LogP contribution in [0.4, 0.5) is 20.7 Å². The van der Waals surface area contributed by atoms with Crippen LogP contribution in [-0.4, -0.2) is 120 Å². The van der Waals surface area contributed by atoms with Gasteiger partial charge in [0.2, 0.25) is 23.7 Å². The Bertz CT molecular complexity index is 1840. The molecule has 272 valence electrons. The molecule has 8 atom stereocenters. The van der Waals surface area contributed by atoms with Crippen LogP contribution in [0.5, 0.6) is 0 Å². The first-order chi connectivity index (χ1) is 23.7. The zero-order valence-electron chi connectivity index (χ0n) is 27.3. The van der Waals surface area contributed by atoms with Crippen molar-refractivity contribution >= 4 is 46.0 Å². The summed E-state index contributed by atoms with van der Waals surface area (Å²) in [6.07, 6.45) is -10.7. The van der Waals surface area contributed by atoms with Crippen LogP contribution in [0.1, 0.15) is 53.5 Å². The second-order valence-corrected chi connectivity index (χ2v) is 12.1. The summed E-state index contributed by atoms with van der Waals surface area (Å²) in [4.78, 5) is 60.6. The van der Waals surface area contributed by atoms with Gasteiger partial charge in [0.25, 0.3) is 11.1 Å². The van der Waals surface area contributed by atoms with Crippen LogP contribution < -0.4 is 21.8 Å². The number of rotatable bonds is 8. The van der Waals surface area contributed by atoms with Gasteiger partial charge >= 0.3 is 0 Å². The Kier molecular flexibility index (Phi) is 10.6. The maximum Gasteiger partial charge on any atom is 0.282 e. The predicted molar refractivity (Wildman–Crippen MR) is 166 cm³/mol.